The number of rotatable bonds is 4. The molecular formula is C9H13NO4. The zero-order chi connectivity index (χ0) is 10.6. The van der Waals surface area contributed by atoms with E-state index in [4.69, 9.17) is 9.47 Å². The topological polar surface area (TPSA) is 55.8 Å². The van der Waals surface area contributed by atoms with Gasteiger partial charge < -0.3 is 14.4 Å². The fourth-order valence-electron chi connectivity index (χ4n) is 1.00. The average Bonchev–Trinajstić information content (AvgIpc) is 2.51. The lowest BCUT2D eigenvalue weighted by atomic mass is 10.4. The number of cyclic esters (lactones) is 1. The van der Waals surface area contributed by atoms with Gasteiger partial charge in [-0.15, -0.1) is 0 Å². The van der Waals surface area contributed by atoms with Crippen molar-refractivity contribution in [2.75, 3.05) is 26.3 Å². The molecule has 1 saturated heterocycles. The Bertz CT molecular complexity index is 262. The SMILES string of the molecule is C=C(C)C(=O)OCCN1CCOC1=O. The molecule has 1 rings (SSSR count). The van der Waals surface area contributed by atoms with Crippen LogP contribution >= 0.6 is 0 Å². The minimum absolute atomic E-state index is 0.181. The van der Waals surface area contributed by atoms with Gasteiger partial charge in [0.2, 0.25) is 0 Å². The molecule has 5 nitrogen and oxygen atoms in total. The first-order valence-electron chi connectivity index (χ1n) is 4.35. The molecule has 0 unspecified atom stereocenters. The number of nitrogens with zero attached hydrogens (tertiary/aromatic N) is 1. The molecule has 0 saturated carbocycles. The molecular weight excluding hydrogens is 186 g/mol. The number of carbonyl (C=O) groups excluding carboxylic acids is 2. The van der Waals surface area contributed by atoms with Gasteiger partial charge in [0.25, 0.3) is 0 Å². The van der Waals surface area contributed by atoms with Crippen molar-refractivity contribution < 1.29 is 19.1 Å². The Morgan fingerprint density at radius 3 is 2.93 bits per heavy atom. The van der Waals surface area contributed by atoms with E-state index >= 15 is 0 Å². The van der Waals surface area contributed by atoms with Gasteiger partial charge in [-0.2, -0.15) is 0 Å². The zero-order valence-corrected chi connectivity index (χ0v) is 8.12. The molecule has 1 aliphatic heterocycles. The van der Waals surface area contributed by atoms with Crippen LogP contribution in [-0.2, 0) is 14.3 Å². The van der Waals surface area contributed by atoms with E-state index in [0.29, 0.717) is 25.3 Å². The third-order valence-corrected chi connectivity index (χ3v) is 1.79. The highest BCUT2D eigenvalue weighted by molar-refractivity contribution is 5.86. The van der Waals surface area contributed by atoms with Crippen molar-refractivity contribution >= 4 is 12.1 Å². The Morgan fingerprint density at radius 1 is 1.71 bits per heavy atom. The molecule has 0 aromatic rings. The Hall–Kier alpha value is -1.52. The molecule has 0 aromatic carbocycles. The molecule has 5 heteroatoms. The number of esters is 1. The highest BCUT2D eigenvalue weighted by Crippen LogP contribution is 2.02. The van der Waals surface area contributed by atoms with Crippen LogP contribution < -0.4 is 0 Å². The second kappa shape index (κ2) is 4.64. The quantitative estimate of drug-likeness (QED) is 0.490. The summed E-state index contributed by atoms with van der Waals surface area (Å²) in [6, 6.07) is 0. The second-order valence-corrected chi connectivity index (χ2v) is 3.02. The Morgan fingerprint density at radius 2 is 2.43 bits per heavy atom. The normalized spacial score (nSPS) is 15.2. The van der Waals surface area contributed by atoms with Gasteiger partial charge in [-0.1, -0.05) is 6.58 Å². The van der Waals surface area contributed by atoms with Gasteiger partial charge >= 0.3 is 12.1 Å². The lowest BCUT2D eigenvalue weighted by Gasteiger charge is -2.12. The molecule has 1 fully saturated rings. The number of hydrogen-bond acceptors (Lipinski definition) is 4. The molecule has 1 heterocycles. The van der Waals surface area contributed by atoms with Gasteiger partial charge in [-0.3, -0.25) is 0 Å². The lowest BCUT2D eigenvalue weighted by Crippen LogP contribution is -2.29. The summed E-state index contributed by atoms with van der Waals surface area (Å²) in [5, 5.41) is 0. The second-order valence-electron chi connectivity index (χ2n) is 3.02. The Balaban J connectivity index is 2.18. The summed E-state index contributed by atoms with van der Waals surface area (Å²) in [6.45, 7) is 6.54. The fourth-order valence-corrected chi connectivity index (χ4v) is 1.00. The van der Waals surface area contributed by atoms with Crippen LogP contribution in [0.1, 0.15) is 6.92 Å². The van der Waals surface area contributed by atoms with Gasteiger partial charge in [0, 0.05) is 5.57 Å². The van der Waals surface area contributed by atoms with Gasteiger partial charge in [0.1, 0.15) is 13.2 Å². The van der Waals surface area contributed by atoms with Crippen LogP contribution in [0, 0.1) is 0 Å². The van der Waals surface area contributed by atoms with Crippen molar-refractivity contribution in [3.8, 4) is 0 Å². The van der Waals surface area contributed by atoms with Crippen molar-refractivity contribution in [2.24, 2.45) is 0 Å². The minimum atomic E-state index is -0.433. The first-order valence-corrected chi connectivity index (χ1v) is 4.35. The summed E-state index contributed by atoms with van der Waals surface area (Å²) in [7, 11) is 0. The van der Waals surface area contributed by atoms with Crippen molar-refractivity contribution in [3.63, 3.8) is 0 Å². The third-order valence-electron chi connectivity index (χ3n) is 1.79. The summed E-state index contributed by atoms with van der Waals surface area (Å²) in [6.07, 6.45) is -0.351. The molecule has 0 atom stereocenters. The van der Waals surface area contributed by atoms with Crippen molar-refractivity contribution in [1.82, 2.24) is 4.90 Å². The van der Waals surface area contributed by atoms with Gasteiger partial charge in [-0.25, -0.2) is 9.59 Å². The van der Waals surface area contributed by atoms with E-state index in [1.807, 2.05) is 0 Å². The number of carbonyl (C=O) groups is 2. The van der Waals surface area contributed by atoms with Crippen LogP contribution in [0.15, 0.2) is 12.2 Å². The molecule has 78 valence electrons. The number of ether oxygens (including phenoxy) is 2. The van der Waals surface area contributed by atoms with E-state index in [-0.39, 0.29) is 12.7 Å². The maximum absolute atomic E-state index is 10.9. The van der Waals surface area contributed by atoms with Crippen LogP contribution in [0.2, 0.25) is 0 Å². The molecule has 1 amide bonds. The minimum Gasteiger partial charge on any atom is -0.460 e. The van der Waals surface area contributed by atoms with Crippen molar-refractivity contribution in [3.05, 3.63) is 12.2 Å². The van der Waals surface area contributed by atoms with E-state index in [0.717, 1.165) is 0 Å². The average molecular weight is 199 g/mol. The van der Waals surface area contributed by atoms with Gasteiger partial charge in [0.15, 0.2) is 0 Å². The lowest BCUT2D eigenvalue weighted by molar-refractivity contribution is -0.139. The monoisotopic (exact) mass is 199 g/mol. The Labute approximate surface area is 82.3 Å². The standard InChI is InChI=1S/C9H13NO4/c1-7(2)8(11)13-5-3-10-4-6-14-9(10)12/h1,3-6H2,2H3. The molecule has 0 N–H and O–H groups in total. The smallest absolute Gasteiger partial charge is 0.410 e. The van der Waals surface area contributed by atoms with Crippen LogP contribution in [0.5, 0.6) is 0 Å². The summed E-state index contributed by atoms with van der Waals surface area (Å²) >= 11 is 0. The van der Waals surface area contributed by atoms with Gasteiger partial charge in [0.05, 0.1) is 13.1 Å². The first-order chi connectivity index (χ1) is 6.61. The predicted octanol–water partition coefficient (Wildman–Crippen LogP) is 0.558. The molecule has 1 aliphatic rings. The van der Waals surface area contributed by atoms with Crippen molar-refractivity contribution in [2.45, 2.75) is 6.92 Å². The molecule has 14 heavy (non-hydrogen) atoms. The number of hydrogen-bond donors (Lipinski definition) is 0. The first kappa shape index (κ1) is 10.6. The molecule has 0 aromatic heterocycles. The highest BCUT2D eigenvalue weighted by Gasteiger charge is 2.21. The van der Waals surface area contributed by atoms with E-state index < -0.39 is 5.97 Å². The summed E-state index contributed by atoms with van der Waals surface area (Å²) in [5.74, 6) is -0.433. The molecule has 0 spiro atoms. The molecule has 0 bridgehead atoms. The van der Waals surface area contributed by atoms with Crippen LogP contribution in [0.25, 0.3) is 0 Å². The highest BCUT2D eigenvalue weighted by atomic mass is 16.6. The Kier molecular flexibility index (Phi) is 3.50. The molecule has 0 radical (unpaired) electrons. The van der Waals surface area contributed by atoms with Crippen LogP contribution in [-0.4, -0.2) is 43.3 Å². The predicted molar refractivity (Wildman–Crippen MR) is 48.7 cm³/mol. The van der Waals surface area contributed by atoms with E-state index in [9.17, 15) is 9.59 Å². The molecule has 0 aliphatic carbocycles. The maximum atomic E-state index is 10.9. The maximum Gasteiger partial charge on any atom is 0.410 e. The summed E-state index contributed by atoms with van der Waals surface area (Å²) in [5.41, 5.74) is 0.356. The van der Waals surface area contributed by atoms with E-state index in [2.05, 4.69) is 6.58 Å². The zero-order valence-electron chi connectivity index (χ0n) is 8.12. The van der Waals surface area contributed by atoms with E-state index in [1.54, 1.807) is 6.92 Å². The largest absolute Gasteiger partial charge is 0.460 e. The third kappa shape index (κ3) is 2.76. The summed E-state index contributed by atoms with van der Waals surface area (Å²) in [4.78, 5) is 23.4. The van der Waals surface area contributed by atoms with Gasteiger partial charge in [-0.05, 0) is 6.92 Å². The number of amides is 1. The van der Waals surface area contributed by atoms with Crippen LogP contribution in [0.3, 0.4) is 0 Å². The van der Waals surface area contributed by atoms with E-state index in [1.165, 1.54) is 4.90 Å². The van der Waals surface area contributed by atoms with Crippen molar-refractivity contribution in [1.29, 1.82) is 0 Å². The summed E-state index contributed by atoms with van der Waals surface area (Å²) < 4.78 is 9.53. The fraction of sp³-hybridized carbons (Fsp3) is 0.556. The van der Waals surface area contributed by atoms with Crippen LogP contribution in [0.4, 0.5) is 4.79 Å².